The van der Waals surface area contributed by atoms with Crippen molar-refractivity contribution >= 4 is 12.0 Å². The first-order chi connectivity index (χ1) is 11.0. The van der Waals surface area contributed by atoms with E-state index in [-0.39, 0.29) is 5.92 Å². The van der Waals surface area contributed by atoms with Crippen molar-refractivity contribution in [3.63, 3.8) is 0 Å². The van der Waals surface area contributed by atoms with Crippen LogP contribution in [-0.2, 0) is 9.53 Å². The van der Waals surface area contributed by atoms with Crippen LogP contribution in [0.3, 0.4) is 0 Å². The summed E-state index contributed by atoms with van der Waals surface area (Å²) in [5, 5.41) is 8.85. The molecule has 0 radical (unpaired) electrons. The van der Waals surface area contributed by atoms with E-state index in [1.54, 1.807) is 18.2 Å². The Balaban J connectivity index is 2.32. The minimum Gasteiger partial charge on any atom is -0.478 e. The summed E-state index contributed by atoms with van der Waals surface area (Å²) in [4.78, 5) is 10.8. The summed E-state index contributed by atoms with van der Waals surface area (Å²) in [5.41, 5.74) is 7.41. The van der Waals surface area contributed by atoms with Crippen molar-refractivity contribution in [3.8, 4) is 0 Å². The van der Waals surface area contributed by atoms with E-state index in [4.69, 9.17) is 15.6 Å². The first-order valence-electron chi connectivity index (χ1n) is 7.42. The fourth-order valence-corrected chi connectivity index (χ4v) is 2.48. The molecule has 4 nitrogen and oxygen atoms in total. The van der Waals surface area contributed by atoms with Crippen LogP contribution in [0.1, 0.15) is 12.0 Å². The number of hydrogen-bond acceptors (Lipinski definition) is 3. The first-order valence-corrected chi connectivity index (χ1v) is 7.42. The fraction of sp³-hybridized carbons (Fsp3) is 0.211. The predicted octanol–water partition coefficient (Wildman–Crippen LogP) is 3.14. The Morgan fingerprint density at radius 1 is 1.43 bits per heavy atom. The minimum absolute atomic E-state index is 0.115. The van der Waals surface area contributed by atoms with Crippen LogP contribution in [0.15, 0.2) is 72.9 Å². The molecule has 0 amide bonds. The van der Waals surface area contributed by atoms with Crippen molar-refractivity contribution in [2.24, 2.45) is 11.7 Å². The summed E-state index contributed by atoms with van der Waals surface area (Å²) in [5.74, 6) is -1.08. The van der Waals surface area contributed by atoms with E-state index in [0.29, 0.717) is 13.0 Å². The van der Waals surface area contributed by atoms with Crippen LogP contribution < -0.4 is 5.73 Å². The summed E-state index contributed by atoms with van der Waals surface area (Å²) >= 11 is 0. The number of allylic oxidation sites excluding steroid dienone is 2. The normalized spacial score (nSPS) is 25.8. The number of carbonyl (C=O) groups is 1. The first kappa shape index (κ1) is 16.9. The summed E-state index contributed by atoms with van der Waals surface area (Å²) in [6, 6.07) is 9.84. The van der Waals surface area contributed by atoms with Crippen LogP contribution in [0, 0.1) is 5.92 Å². The second-order valence-electron chi connectivity index (χ2n) is 5.44. The number of aliphatic carboxylic acids is 1. The number of benzene rings is 1. The van der Waals surface area contributed by atoms with Crippen molar-refractivity contribution in [2.45, 2.75) is 12.1 Å². The molecule has 0 bridgehead atoms. The van der Waals surface area contributed by atoms with E-state index in [9.17, 15) is 4.79 Å². The average Bonchev–Trinajstić information content (AvgIpc) is 2.53. The number of nitrogens with two attached hydrogens (primary N) is 1. The lowest BCUT2D eigenvalue weighted by atomic mass is 9.84. The quantitative estimate of drug-likeness (QED) is 0.481. The van der Waals surface area contributed by atoms with Crippen LogP contribution in [0.5, 0.6) is 0 Å². The van der Waals surface area contributed by atoms with Gasteiger partial charge in [0.05, 0.1) is 6.61 Å². The lowest BCUT2D eigenvalue weighted by molar-refractivity contribution is -0.131. The molecule has 1 aromatic rings. The van der Waals surface area contributed by atoms with Gasteiger partial charge in [-0.05, 0) is 11.6 Å². The van der Waals surface area contributed by atoms with Crippen LogP contribution in [0.25, 0.3) is 6.08 Å². The van der Waals surface area contributed by atoms with Crippen LogP contribution >= 0.6 is 0 Å². The molecule has 1 aromatic carbocycles. The van der Waals surface area contributed by atoms with E-state index in [0.717, 1.165) is 17.2 Å². The van der Waals surface area contributed by atoms with Gasteiger partial charge in [0, 0.05) is 18.4 Å². The molecular weight excluding hydrogens is 290 g/mol. The van der Waals surface area contributed by atoms with Gasteiger partial charge in [0.25, 0.3) is 0 Å². The highest BCUT2D eigenvalue weighted by Gasteiger charge is 2.30. The molecule has 0 aromatic heterocycles. The Hall–Kier alpha value is -2.43. The van der Waals surface area contributed by atoms with Gasteiger partial charge in [-0.25, -0.2) is 4.79 Å². The second-order valence-corrected chi connectivity index (χ2v) is 5.44. The number of carboxylic acids is 1. The molecule has 4 heteroatoms. The molecule has 3 N–H and O–H groups in total. The van der Waals surface area contributed by atoms with Crippen molar-refractivity contribution in [2.75, 3.05) is 6.61 Å². The maximum Gasteiger partial charge on any atom is 0.328 e. The Morgan fingerprint density at radius 3 is 2.83 bits per heavy atom. The average molecular weight is 311 g/mol. The Labute approximate surface area is 136 Å². The largest absolute Gasteiger partial charge is 0.478 e. The molecule has 0 heterocycles. The van der Waals surface area contributed by atoms with Gasteiger partial charge >= 0.3 is 5.97 Å². The molecule has 0 saturated carbocycles. The standard InChI is InChI=1S/C19H21NO3/c1-2-12-23-19(20)11-10-16(8-9-18(21)22)17(14-19)13-15-6-4-3-5-7-15/h2-11,13,16H,1,12,14,20H2,(H,21,22). The molecule has 2 rings (SSSR count). The van der Waals surface area contributed by atoms with Gasteiger partial charge in [-0.2, -0.15) is 0 Å². The minimum atomic E-state index is -0.968. The third-order valence-electron chi connectivity index (χ3n) is 3.56. The molecule has 2 atom stereocenters. The van der Waals surface area contributed by atoms with E-state index in [1.807, 2.05) is 42.5 Å². The monoisotopic (exact) mass is 311 g/mol. The van der Waals surface area contributed by atoms with Crippen molar-refractivity contribution < 1.29 is 14.6 Å². The summed E-state index contributed by atoms with van der Waals surface area (Å²) in [7, 11) is 0. The number of hydrogen-bond donors (Lipinski definition) is 2. The second kappa shape index (κ2) is 7.72. The van der Waals surface area contributed by atoms with Crippen molar-refractivity contribution in [1.29, 1.82) is 0 Å². The zero-order valence-electron chi connectivity index (χ0n) is 12.9. The molecular formula is C19H21NO3. The summed E-state index contributed by atoms with van der Waals surface area (Å²) in [6.07, 6.45) is 10.6. The van der Waals surface area contributed by atoms with Crippen molar-refractivity contribution in [3.05, 3.63) is 78.4 Å². The van der Waals surface area contributed by atoms with Gasteiger partial charge < -0.3 is 9.84 Å². The zero-order chi connectivity index (χ0) is 16.7. The van der Waals surface area contributed by atoms with E-state index >= 15 is 0 Å². The van der Waals surface area contributed by atoms with E-state index < -0.39 is 11.7 Å². The van der Waals surface area contributed by atoms with E-state index in [2.05, 4.69) is 6.58 Å². The molecule has 0 spiro atoms. The van der Waals surface area contributed by atoms with Gasteiger partial charge in [-0.1, -0.05) is 60.2 Å². The lowest BCUT2D eigenvalue weighted by Crippen LogP contribution is -2.43. The smallest absolute Gasteiger partial charge is 0.328 e. The van der Waals surface area contributed by atoms with Gasteiger partial charge in [0.1, 0.15) is 5.72 Å². The van der Waals surface area contributed by atoms with Gasteiger partial charge in [0.2, 0.25) is 0 Å². The van der Waals surface area contributed by atoms with Crippen LogP contribution in [0.2, 0.25) is 0 Å². The van der Waals surface area contributed by atoms with Crippen LogP contribution in [-0.4, -0.2) is 23.4 Å². The van der Waals surface area contributed by atoms with E-state index in [1.165, 1.54) is 0 Å². The molecule has 2 unspecified atom stereocenters. The Kier molecular flexibility index (Phi) is 5.68. The lowest BCUT2D eigenvalue weighted by Gasteiger charge is -2.33. The highest BCUT2D eigenvalue weighted by atomic mass is 16.5. The van der Waals surface area contributed by atoms with Gasteiger partial charge in [-0.15, -0.1) is 6.58 Å². The Bertz CT molecular complexity index is 646. The number of carboxylic acid groups (broad SMARTS) is 1. The topological polar surface area (TPSA) is 72.5 Å². The maximum absolute atomic E-state index is 10.8. The zero-order valence-corrected chi connectivity index (χ0v) is 12.9. The fourth-order valence-electron chi connectivity index (χ4n) is 2.48. The van der Waals surface area contributed by atoms with Gasteiger partial charge in [0.15, 0.2) is 0 Å². The molecule has 0 fully saturated rings. The molecule has 0 aliphatic heterocycles. The Morgan fingerprint density at radius 2 is 2.17 bits per heavy atom. The summed E-state index contributed by atoms with van der Waals surface area (Å²) < 4.78 is 5.65. The van der Waals surface area contributed by atoms with Crippen molar-refractivity contribution in [1.82, 2.24) is 0 Å². The van der Waals surface area contributed by atoms with Gasteiger partial charge in [-0.3, -0.25) is 5.73 Å². The number of rotatable bonds is 6. The predicted molar refractivity (Wildman–Crippen MR) is 91.5 cm³/mol. The maximum atomic E-state index is 10.8. The molecule has 0 saturated heterocycles. The highest BCUT2D eigenvalue weighted by Crippen LogP contribution is 2.32. The molecule has 1 aliphatic carbocycles. The van der Waals surface area contributed by atoms with Crippen LogP contribution in [0.4, 0.5) is 0 Å². The molecule has 1 aliphatic rings. The molecule has 23 heavy (non-hydrogen) atoms. The SMILES string of the molecule is C=CCOC1(N)C=CC(C=CC(=O)O)C(=Cc2ccccc2)C1. The highest BCUT2D eigenvalue weighted by molar-refractivity contribution is 5.80. The third-order valence-corrected chi connectivity index (χ3v) is 3.56. The summed E-state index contributed by atoms with van der Waals surface area (Å²) in [6.45, 7) is 3.99. The number of ether oxygens (including phenoxy) is 1. The third kappa shape index (κ3) is 5.06. The molecule has 120 valence electrons.